The lowest BCUT2D eigenvalue weighted by atomic mass is 10.1. The topological polar surface area (TPSA) is 67.4 Å². The van der Waals surface area contributed by atoms with Crippen LogP contribution < -0.4 is 15.4 Å². The largest absolute Gasteiger partial charge is 0.493 e. The molecule has 0 radical (unpaired) electrons. The highest BCUT2D eigenvalue weighted by Gasteiger charge is 2.12. The first-order valence-corrected chi connectivity index (χ1v) is 8.56. The minimum absolute atomic E-state index is 0.176. The lowest BCUT2D eigenvalue weighted by Gasteiger charge is -2.11. The molecule has 0 aliphatic heterocycles. The van der Waals surface area contributed by atoms with E-state index in [0.717, 1.165) is 4.47 Å². The van der Waals surface area contributed by atoms with E-state index in [0.29, 0.717) is 23.5 Å². The molecule has 0 bridgehead atoms. The number of amides is 2. The Kier molecular flexibility index (Phi) is 7.22. The Bertz CT molecular complexity index is 762. The van der Waals surface area contributed by atoms with Gasteiger partial charge < -0.3 is 15.4 Å². The lowest BCUT2D eigenvalue weighted by Crippen LogP contribution is -2.25. The van der Waals surface area contributed by atoms with E-state index < -0.39 is 0 Å². The molecule has 2 amide bonds. The van der Waals surface area contributed by atoms with Gasteiger partial charge in [-0.3, -0.25) is 9.59 Å². The Labute approximate surface area is 155 Å². The van der Waals surface area contributed by atoms with Gasteiger partial charge in [0.15, 0.2) is 0 Å². The van der Waals surface area contributed by atoms with Crippen LogP contribution in [0, 0.1) is 0 Å². The third kappa shape index (κ3) is 6.08. The number of halogens is 1. The molecule has 0 atom stereocenters. The SMILES string of the molecule is C=CCNC(=O)c1ccccc1NC(=O)CCOc1cccc(Br)c1. The summed E-state index contributed by atoms with van der Waals surface area (Å²) in [5.74, 6) is 0.200. The highest BCUT2D eigenvalue weighted by Crippen LogP contribution is 2.18. The minimum Gasteiger partial charge on any atom is -0.493 e. The maximum Gasteiger partial charge on any atom is 0.253 e. The molecule has 0 saturated heterocycles. The average Bonchev–Trinajstić information content (AvgIpc) is 2.60. The molecule has 6 heteroatoms. The molecule has 0 fully saturated rings. The highest BCUT2D eigenvalue weighted by atomic mass is 79.9. The predicted octanol–water partition coefficient (Wildman–Crippen LogP) is 3.77. The number of rotatable bonds is 8. The normalized spacial score (nSPS) is 9.96. The van der Waals surface area contributed by atoms with E-state index in [1.54, 1.807) is 30.3 Å². The summed E-state index contributed by atoms with van der Waals surface area (Å²) in [6.07, 6.45) is 1.77. The van der Waals surface area contributed by atoms with Crippen LogP contribution in [0.2, 0.25) is 0 Å². The van der Waals surface area contributed by atoms with Crippen LogP contribution in [0.4, 0.5) is 5.69 Å². The summed E-state index contributed by atoms with van der Waals surface area (Å²) < 4.78 is 6.46. The maximum atomic E-state index is 12.1. The van der Waals surface area contributed by atoms with E-state index in [9.17, 15) is 9.59 Å². The van der Waals surface area contributed by atoms with E-state index in [4.69, 9.17) is 4.74 Å². The minimum atomic E-state index is -0.263. The molecule has 2 aromatic rings. The van der Waals surface area contributed by atoms with Crippen molar-refractivity contribution in [3.8, 4) is 5.75 Å². The number of carbonyl (C=O) groups is 2. The fraction of sp³-hybridized carbons (Fsp3) is 0.158. The molecule has 0 saturated carbocycles. The first kappa shape index (κ1) is 18.7. The van der Waals surface area contributed by atoms with Crippen molar-refractivity contribution in [3.05, 3.63) is 71.2 Å². The second kappa shape index (κ2) is 9.64. The summed E-state index contributed by atoms with van der Waals surface area (Å²) in [5, 5.41) is 5.45. The number of benzene rings is 2. The Morgan fingerprint density at radius 1 is 1.16 bits per heavy atom. The summed E-state index contributed by atoms with van der Waals surface area (Å²) in [6.45, 7) is 4.17. The molecule has 2 N–H and O–H groups in total. The second-order valence-electron chi connectivity index (χ2n) is 5.15. The number of ether oxygens (including phenoxy) is 1. The van der Waals surface area contributed by atoms with Gasteiger partial charge in [-0.15, -0.1) is 6.58 Å². The van der Waals surface area contributed by atoms with Crippen molar-refractivity contribution in [2.45, 2.75) is 6.42 Å². The monoisotopic (exact) mass is 402 g/mol. The maximum absolute atomic E-state index is 12.1. The fourth-order valence-electron chi connectivity index (χ4n) is 2.08. The van der Waals surface area contributed by atoms with Crippen LogP contribution in [0.1, 0.15) is 16.8 Å². The third-order valence-electron chi connectivity index (χ3n) is 3.25. The van der Waals surface area contributed by atoms with Crippen LogP contribution in [0.5, 0.6) is 5.75 Å². The predicted molar refractivity (Wildman–Crippen MR) is 102 cm³/mol. The molecule has 130 valence electrons. The van der Waals surface area contributed by atoms with Crippen molar-refractivity contribution >= 4 is 33.4 Å². The third-order valence-corrected chi connectivity index (χ3v) is 3.74. The smallest absolute Gasteiger partial charge is 0.253 e. The summed E-state index contributed by atoms with van der Waals surface area (Å²) >= 11 is 3.36. The van der Waals surface area contributed by atoms with Gasteiger partial charge in [-0.2, -0.15) is 0 Å². The van der Waals surface area contributed by atoms with Gasteiger partial charge in [0.2, 0.25) is 5.91 Å². The first-order valence-electron chi connectivity index (χ1n) is 7.76. The van der Waals surface area contributed by atoms with Crippen LogP contribution in [0.15, 0.2) is 65.7 Å². The van der Waals surface area contributed by atoms with Crippen molar-refractivity contribution in [3.63, 3.8) is 0 Å². The first-order chi connectivity index (χ1) is 12.1. The van der Waals surface area contributed by atoms with E-state index in [1.807, 2.05) is 24.3 Å². The molecule has 0 aliphatic rings. The van der Waals surface area contributed by atoms with Crippen LogP contribution >= 0.6 is 15.9 Å². The Hall–Kier alpha value is -2.60. The second-order valence-corrected chi connectivity index (χ2v) is 6.06. The van der Waals surface area contributed by atoms with Gasteiger partial charge in [-0.25, -0.2) is 0 Å². The van der Waals surface area contributed by atoms with Crippen LogP contribution in [0.25, 0.3) is 0 Å². The highest BCUT2D eigenvalue weighted by molar-refractivity contribution is 9.10. The molecule has 0 aliphatic carbocycles. The fourth-order valence-corrected chi connectivity index (χ4v) is 2.46. The standard InChI is InChI=1S/C19H19BrN2O3/c1-2-11-21-19(24)16-8-3-4-9-17(16)22-18(23)10-12-25-15-7-5-6-14(20)13-15/h2-9,13H,1,10-12H2,(H,21,24)(H,22,23). The molecular formula is C19H19BrN2O3. The number of hydrogen-bond donors (Lipinski definition) is 2. The Morgan fingerprint density at radius 2 is 1.96 bits per heavy atom. The Morgan fingerprint density at radius 3 is 2.72 bits per heavy atom. The van der Waals surface area contributed by atoms with Gasteiger partial charge >= 0.3 is 0 Å². The van der Waals surface area contributed by atoms with Crippen LogP contribution in [0.3, 0.4) is 0 Å². The summed E-state index contributed by atoms with van der Waals surface area (Å²) in [6, 6.07) is 14.3. The van der Waals surface area contributed by atoms with Gasteiger partial charge in [0, 0.05) is 11.0 Å². The zero-order valence-electron chi connectivity index (χ0n) is 13.6. The number of carbonyl (C=O) groups excluding carboxylic acids is 2. The van der Waals surface area contributed by atoms with Crippen molar-refractivity contribution in [2.24, 2.45) is 0 Å². The molecule has 25 heavy (non-hydrogen) atoms. The lowest BCUT2D eigenvalue weighted by molar-refractivity contribution is -0.116. The molecule has 2 rings (SSSR count). The van der Waals surface area contributed by atoms with E-state index >= 15 is 0 Å². The van der Waals surface area contributed by atoms with Crippen molar-refractivity contribution in [1.82, 2.24) is 5.32 Å². The summed E-state index contributed by atoms with van der Waals surface area (Å²) in [5.41, 5.74) is 0.877. The van der Waals surface area contributed by atoms with Gasteiger partial charge in [-0.1, -0.05) is 40.2 Å². The molecule has 0 heterocycles. The average molecular weight is 403 g/mol. The summed E-state index contributed by atoms with van der Waals surface area (Å²) in [7, 11) is 0. The van der Waals surface area contributed by atoms with E-state index in [2.05, 4.69) is 33.1 Å². The Balaban J connectivity index is 1.90. The number of para-hydroxylation sites is 1. The van der Waals surface area contributed by atoms with Crippen molar-refractivity contribution < 1.29 is 14.3 Å². The van der Waals surface area contributed by atoms with E-state index in [-0.39, 0.29) is 24.8 Å². The number of hydrogen-bond acceptors (Lipinski definition) is 3. The summed E-state index contributed by atoms with van der Waals surface area (Å²) in [4.78, 5) is 24.2. The molecule has 2 aromatic carbocycles. The zero-order chi connectivity index (χ0) is 18.1. The quantitative estimate of drug-likeness (QED) is 0.660. The van der Waals surface area contributed by atoms with Crippen LogP contribution in [-0.4, -0.2) is 25.0 Å². The molecular weight excluding hydrogens is 384 g/mol. The van der Waals surface area contributed by atoms with Gasteiger partial charge in [-0.05, 0) is 30.3 Å². The van der Waals surface area contributed by atoms with Crippen LogP contribution in [-0.2, 0) is 4.79 Å². The zero-order valence-corrected chi connectivity index (χ0v) is 15.2. The number of anilines is 1. The van der Waals surface area contributed by atoms with Gasteiger partial charge in [0.1, 0.15) is 5.75 Å². The molecule has 5 nitrogen and oxygen atoms in total. The molecule has 0 unspecified atom stereocenters. The van der Waals surface area contributed by atoms with Crippen molar-refractivity contribution in [2.75, 3.05) is 18.5 Å². The van der Waals surface area contributed by atoms with E-state index in [1.165, 1.54) is 0 Å². The molecule has 0 spiro atoms. The van der Waals surface area contributed by atoms with Gasteiger partial charge in [0.25, 0.3) is 5.91 Å². The number of nitrogens with one attached hydrogen (secondary N) is 2. The van der Waals surface area contributed by atoms with Crippen molar-refractivity contribution in [1.29, 1.82) is 0 Å². The molecule has 0 aromatic heterocycles. The van der Waals surface area contributed by atoms with Gasteiger partial charge in [0.05, 0.1) is 24.3 Å².